The van der Waals surface area contributed by atoms with Crippen molar-refractivity contribution in [1.82, 2.24) is 14.9 Å². The molecule has 1 amide bonds. The van der Waals surface area contributed by atoms with Crippen LogP contribution < -0.4 is 20.5 Å². The van der Waals surface area contributed by atoms with Crippen molar-refractivity contribution in [1.29, 1.82) is 0 Å². The molecular formula is C31H30F3N5O3. The van der Waals surface area contributed by atoms with Gasteiger partial charge in [0.25, 0.3) is 0 Å². The fraction of sp³-hybridized carbons (Fsp3) is 0.323. The van der Waals surface area contributed by atoms with Crippen molar-refractivity contribution in [2.75, 3.05) is 43.4 Å². The number of rotatable bonds is 5. The maximum atomic E-state index is 13.8. The topological polar surface area (TPSA) is 90.6 Å². The highest BCUT2D eigenvalue weighted by Crippen LogP contribution is 2.36. The molecule has 0 bridgehead atoms. The number of alkyl halides is 3. The summed E-state index contributed by atoms with van der Waals surface area (Å²) in [5.74, 6) is 0.395. The lowest BCUT2D eigenvalue weighted by Crippen LogP contribution is -2.44. The van der Waals surface area contributed by atoms with Crippen molar-refractivity contribution in [2.24, 2.45) is 5.92 Å². The maximum Gasteiger partial charge on any atom is 0.416 e. The Labute approximate surface area is 240 Å². The number of anilines is 2. The normalized spacial score (nSPS) is 17.6. The van der Waals surface area contributed by atoms with Gasteiger partial charge < -0.3 is 24.8 Å². The molecule has 1 fully saturated rings. The molecule has 8 nitrogen and oxygen atoms in total. The molecule has 2 aromatic heterocycles. The number of nitrogens with one attached hydrogen (secondary N) is 2. The molecule has 1 unspecified atom stereocenters. The second kappa shape index (κ2) is 11.1. The van der Waals surface area contributed by atoms with Gasteiger partial charge in [-0.3, -0.25) is 9.59 Å². The van der Waals surface area contributed by atoms with Gasteiger partial charge in [-0.25, -0.2) is 4.98 Å². The Morgan fingerprint density at radius 3 is 2.62 bits per heavy atom. The van der Waals surface area contributed by atoms with E-state index in [2.05, 4.69) is 20.2 Å². The van der Waals surface area contributed by atoms with Gasteiger partial charge in [0.2, 0.25) is 11.5 Å². The summed E-state index contributed by atoms with van der Waals surface area (Å²) in [6, 6.07) is 14.3. The summed E-state index contributed by atoms with van der Waals surface area (Å²) >= 11 is 0. The number of fused-ring (bicyclic) bond motifs is 2. The number of nitrogens with zero attached hydrogens (tertiary/aromatic N) is 3. The van der Waals surface area contributed by atoms with Gasteiger partial charge >= 0.3 is 6.18 Å². The summed E-state index contributed by atoms with van der Waals surface area (Å²) in [4.78, 5) is 35.9. The Morgan fingerprint density at radius 1 is 1.02 bits per heavy atom. The monoisotopic (exact) mass is 577 g/mol. The Balaban J connectivity index is 1.19. The standard InChI is InChI=1S/C31H30F3N5O3/c1-38-10-12-39(13-11-38)24-17-22(31(32,33)34)16-23(18-24)36-30(41)20-3-2-19-4-5-25(15-21(19)14-20)42-27-8-9-35-29-26(27)6-7-28(40)37-29/h4-9,15-18,20H,2-3,10-14H2,1H3,(H,36,41)(H,35,37,40). The number of hydrogen-bond acceptors (Lipinski definition) is 6. The van der Waals surface area contributed by atoms with Gasteiger partial charge in [0, 0.05) is 55.7 Å². The third-order valence-electron chi connectivity index (χ3n) is 7.98. The number of amides is 1. The number of H-pyrrole nitrogens is 1. The largest absolute Gasteiger partial charge is 0.457 e. The van der Waals surface area contributed by atoms with E-state index in [9.17, 15) is 22.8 Å². The van der Waals surface area contributed by atoms with Crippen molar-refractivity contribution in [3.63, 3.8) is 0 Å². The van der Waals surface area contributed by atoms with Crippen LogP contribution in [0.2, 0.25) is 0 Å². The number of ether oxygens (including phenoxy) is 1. The van der Waals surface area contributed by atoms with Crippen LogP contribution in [0.25, 0.3) is 11.0 Å². The molecule has 2 aromatic carbocycles. The second-order valence-corrected chi connectivity index (χ2v) is 10.9. The summed E-state index contributed by atoms with van der Waals surface area (Å²) in [7, 11) is 1.98. The highest BCUT2D eigenvalue weighted by molar-refractivity contribution is 5.93. The molecule has 11 heteroatoms. The van der Waals surface area contributed by atoms with Crippen LogP contribution in [0.3, 0.4) is 0 Å². The lowest BCUT2D eigenvalue weighted by atomic mass is 9.83. The van der Waals surface area contributed by atoms with E-state index in [1.165, 1.54) is 6.07 Å². The average molecular weight is 578 g/mol. The van der Waals surface area contributed by atoms with Crippen LogP contribution in [-0.4, -0.2) is 54.0 Å². The quantitative estimate of drug-likeness (QED) is 0.338. The van der Waals surface area contributed by atoms with Crippen molar-refractivity contribution in [3.8, 4) is 11.5 Å². The Hall–Kier alpha value is -4.38. The van der Waals surface area contributed by atoms with Crippen LogP contribution in [0.4, 0.5) is 24.5 Å². The number of likely N-dealkylation sites (N-methyl/N-ethyl adjacent to an activating group) is 1. The molecule has 3 heterocycles. The lowest BCUT2D eigenvalue weighted by molar-refractivity contribution is -0.137. The first kappa shape index (κ1) is 27.8. The smallest absolute Gasteiger partial charge is 0.416 e. The van der Waals surface area contributed by atoms with Crippen molar-refractivity contribution in [3.05, 3.63) is 87.8 Å². The minimum atomic E-state index is -4.53. The molecule has 1 aliphatic carbocycles. The highest BCUT2D eigenvalue weighted by atomic mass is 19.4. The van der Waals surface area contributed by atoms with Gasteiger partial charge in [0.05, 0.1) is 10.9 Å². The van der Waals surface area contributed by atoms with E-state index < -0.39 is 17.7 Å². The van der Waals surface area contributed by atoms with Gasteiger partial charge in [0.1, 0.15) is 17.1 Å². The number of carbonyl (C=O) groups is 1. The molecule has 2 aliphatic rings. The van der Waals surface area contributed by atoms with Gasteiger partial charge in [-0.05, 0) is 79.9 Å². The number of halogens is 3. The zero-order chi connectivity index (χ0) is 29.4. The van der Waals surface area contributed by atoms with Gasteiger partial charge in [-0.2, -0.15) is 13.2 Å². The molecule has 2 N–H and O–H groups in total. The first-order valence-corrected chi connectivity index (χ1v) is 13.9. The number of aryl methyl sites for hydroxylation is 1. The van der Waals surface area contributed by atoms with Crippen LogP contribution in [0, 0.1) is 5.92 Å². The Bertz CT molecular complexity index is 1700. The summed E-state index contributed by atoms with van der Waals surface area (Å²) in [5.41, 5.74) is 2.04. The number of carbonyl (C=O) groups excluding carboxylic acids is 1. The first-order valence-electron chi connectivity index (χ1n) is 13.9. The second-order valence-electron chi connectivity index (χ2n) is 10.9. The van der Waals surface area contributed by atoms with Crippen molar-refractivity contribution < 1.29 is 22.7 Å². The van der Waals surface area contributed by atoms with E-state index in [1.807, 2.05) is 30.1 Å². The zero-order valence-corrected chi connectivity index (χ0v) is 23.0. The number of aromatic amines is 1. The molecule has 0 radical (unpaired) electrons. The molecule has 1 atom stereocenters. The van der Waals surface area contributed by atoms with Crippen LogP contribution in [0.5, 0.6) is 11.5 Å². The molecule has 1 aliphatic heterocycles. The SMILES string of the molecule is CN1CCN(c2cc(NC(=O)C3CCc4ccc(Oc5ccnc6[nH]c(=O)ccc56)cc4C3)cc(C(F)(F)F)c2)CC1. The Morgan fingerprint density at radius 2 is 1.83 bits per heavy atom. The maximum absolute atomic E-state index is 13.8. The van der Waals surface area contributed by atoms with Crippen molar-refractivity contribution in [2.45, 2.75) is 25.4 Å². The zero-order valence-electron chi connectivity index (χ0n) is 23.0. The summed E-state index contributed by atoms with van der Waals surface area (Å²) in [6.07, 6.45) is -1.28. The van der Waals surface area contributed by atoms with Crippen LogP contribution in [0.1, 0.15) is 23.1 Å². The molecule has 1 saturated heterocycles. The average Bonchev–Trinajstić information content (AvgIpc) is 2.96. The summed E-state index contributed by atoms with van der Waals surface area (Å²) < 4.78 is 47.4. The summed E-state index contributed by atoms with van der Waals surface area (Å²) in [6.45, 7) is 2.73. The molecule has 4 aromatic rings. The van der Waals surface area contributed by atoms with Crippen LogP contribution >= 0.6 is 0 Å². The lowest BCUT2D eigenvalue weighted by Gasteiger charge is -2.34. The van der Waals surface area contributed by atoms with Crippen LogP contribution in [0.15, 0.2) is 65.6 Å². The van der Waals surface area contributed by atoms with Gasteiger partial charge in [-0.15, -0.1) is 0 Å². The van der Waals surface area contributed by atoms with Gasteiger partial charge in [0.15, 0.2) is 0 Å². The number of pyridine rings is 2. The third kappa shape index (κ3) is 5.96. The number of hydrogen-bond donors (Lipinski definition) is 2. The molecule has 218 valence electrons. The molecule has 42 heavy (non-hydrogen) atoms. The van der Waals surface area contributed by atoms with Crippen molar-refractivity contribution >= 4 is 28.3 Å². The third-order valence-corrected chi connectivity index (χ3v) is 7.98. The van der Waals surface area contributed by atoms with E-state index in [0.29, 0.717) is 60.6 Å². The van der Waals surface area contributed by atoms with E-state index >= 15 is 0 Å². The molecule has 0 spiro atoms. The van der Waals surface area contributed by atoms with E-state index in [-0.39, 0.29) is 17.2 Å². The highest BCUT2D eigenvalue weighted by Gasteiger charge is 2.33. The number of aromatic nitrogens is 2. The predicted molar refractivity (Wildman–Crippen MR) is 154 cm³/mol. The predicted octanol–water partition coefficient (Wildman–Crippen LogP) is 5.23. The van der Waals surface area contributed by atoms with E-state index in [4.69, 9.17) is 4.74 Å². The molecule has 0 saturated carbocycles. The first-order chi connectivity index (χ1) is 20.1. The molecular weight excluding hydrogens is 547 g/mol. The molecule has 6 rings (SSSR count). The van der Waals surface area contributed by atoms with E-state index in [1.54, 1.807) is 24.4 Å². The van der Waals surface area contributed by atoms with Gasteiger partial charge in [-0.1, -0.05) is 6.07 Å². The minimum Gasteiger partial charge on any atom is -0.457 e. The minimum absolute atomic E-state index is 0.147. The number of benzene rings is 2. The summed E-state index contributed by atoms with van der Waals surface area (Å²) in [5, 5.41) is 3.44. The fourth-order valence-corrected chi connectivity index (χ4v) is 5.61. The Kier molecular flexibility index (Phi) is 7.36. The van der Waals surface area contributed by atoms with E-state index in [0.717, 1.165) is 36.3 Å². The van der Waals surface area contributed by atoms with Crippen LogP contribution in [-0.2, 0) is 23.8 Å². The fourth-order valence-electron chi connectivity index (χ4n) is 5.61. The number of piperazine rings is 1.